The molecule has 0 spiro atoms. The van der Waals surface area contributed by atoms with Crippen LogP contribution in [0, 0.1) is 11.3 Å². The highest BCUT2D eigenvalue weighted by Gasteiger charge is 2.38. The van der Waals surface area contributed by atoms with Crippen LogP contribution in [0.25, 0.3) is 0 Å². The van der Waals surface area contributed by atoms with E-state index in [2.05, 4.69) is 10.3 Å². The lowest BCUT2D eigenvalue weighted by atomic mass is 9.76. The average Bonchev–Trinajstić information content (AvgIpc) is 2.31. The molecular weight excluding hydrogens is 268 g/mol. The van der Waals surface area contributed by atoms with Gasteiger partial charge in [-0.25, -0.2) is 0 Å². The molecule has 1 aromatic heterocycles. The number of anilines is 1. The highest BCUT2D eigenvalue weighted by molar-refractivity contribution is 6.33. The lowest BCUT2D eigenvalue weighted by molar-refractivity contribution is -0.153. The number of amides is 1. The third kappa shape index (κ3) is 3.67. The maximum absolute atomic E-state index is 11.9. The second kappa shape index (κ2) is 6.02. The van der Waals surface area contributed by atoms with Gasteiger partial charge in [0.05, 0.1) is 22.3 Å². The van der Waals surface area contributed by atoms with E-state index < -0.39 is 17.3 Å². The van der Waals surface area contributed by atoms with Crippen LogP contribution < -0.4 is 5.32 Å². The number of carboxylic acid groups (broad SMARTS) is 1. The molecule has 1 amide bonds. The van der Waals surface area contributed by atoms with Gasteiger partial charge >= 0.3 is 5.97 Å². The molecule has 19 heavy (non-hydrogen) atoms. The lowest BCUT2D eigenvalue weighted by Crippen LogP contribution is -2.37. The molecule has 0 aliphatic heterocycles. The normalized spacial score (nSPS) is 13.9. The molecule has 1 heterocycles. The highest BCUT2D eigenvalue weighted by Crippen LogP contribution is 2.32. The van der Waals surface area contributed by atoms with Gasteiger partial charge in [0.25, 0.3) is 0 Å². The summed E-state index contributed by atoms with van der Waals surface area (Å²) in [6.45, 7) is 5.11. The number of nitrogens with zero attached hydrogens (tertiary/aromatic N) is 1. The van der Waals surface area contributed by atoms with Gasteiger partial charge in [-0.2, -0.15) is 0 Å². The van der Waals surface area contributed by atoms with Crippen molar-refractivity contribution in [2.24, 2.45) is 11.3 Å². The zero-order valence-electron chi connectivity index (χ0n) is 11.1. The zero-order chi connectivity index (χ0) is 14.6. The van der Waals surface area contributed by atoms with Gasteiger partial charge < -0.3 is 10.4 Å². The first-order valence-corrected chi connectivity index (χ1v) is 6.28. The molecule has 6 heteroatoms. The first-order valence-electron chi connectivity index (χ1n) is 5.90. The summed E-state index contributed by atoms with van der Waals surface area (Å²) >= 11 is 5.89. The number of carboxylic acids is 1. The number of hydrogen-bond donors (Lipinski definition) is 2. The summed E-state index contributed by atoms with van der Waals surface area (Å²) < 4.78 is 0. The molecule has 0 radical (unpaired) electrons. The van der Waals surface area contributed by atoms with Crippen LogP contribution in [0.5, 0.6) is 0 Å². The van der Waals surface area contributed by atoms with Gasteiger partial charge in [0.1, 0.15) is 0 Å². The van der Waals surface area contributed by atoms with Crippen molar-refractivity contribution in [3.63, 3.8) is 0 Å². The molecule has 0 aliphatic rings. The lowest BCUT2D eigenvalue weighted by Gasteiger charge is -2.28. The Kier molecular flexibility index (Phi) is 4.89. The molecule has 0 saturated heterocycles. The Bertz CT molecular complexity index is 491. The van der Waals surface area contributed by atoms with E-state index in [1.54, 1.807) is 26.8 Å². The Balaban J connectivity index is 2.80. The topological polar surface area (TPSA) is 79.3 Å². The first kappa shape index (κ1) is 15.4. The van der Waals surface area contributed by atoms with Crippen molar-refractivity contribution in [1.82, 2.24) is 4.98 Å². The number of pyridine rings is 1. The molecule has 0 fully saturated rings. The van der Waals surface area contributed by atoms with Gasteiger partial charge in [-0.1, -0.05) is 25.4 Å². The summed E-state index contributed by atoms with van der Waals surface area (Å²) in [7, 11) is 0. The van der Waals surface area contributed by atoms with Crippen molar-refractivity contribution >= 4 is 29.2 Å². The Morgan fingerprint density at radius 3 is 2.63 bits per heavy atom. The van der Waals surface area contributed by atoms with Gasteiger partial charge in [-0.15, -0.1) is 0 Å². The maximum atomic E-state index is 11.9. The van der Waals surface area contributed by atoms with E-state index in [1.807, 2.05) is 0 Å². The molecule has 1 unspecified atom stereocenters. The molecule has 5 nitrogen and oxygen atoms in total. The standard InChI is InChI=1S/C13H17ClN2O3/c1-8(2)13(3,12(18)19)6-11(17)16-10-7-15-5-4-9(10)14/h4-5,7-8H,6H2,1-3H3,(H,16,17)(H,18,19). The summed E-state index contributed by atoms with van der Waals surface area (Å²) in [5.41, 5.74) is -0.732. The van der Waals surface area contributed by atoms with Gasteiger partial charge in [-0.3, -0.25) is 14.6 Å². The van der Waals surface area contributed by atoms with Crippen molar-refractivity contribution < 1.29 is 14.7 Å². The number of carbonyl (C=O) groups is 2. The third-order valence-corrected chi connectivity index (χ3v) is 3.66. The van der Waals surface area contributed by atoms with Crippen molar-refractivity contribution in [1.29, 1.82) is 0 Å². The number of aromatic nitrogens is 1. The van der Waals surface area contributed by atoms with Gasteiger partial charge in [-0.05, 0) is 18.9 Å². The summed E-state index contributed by atoms with van der Waals surface area (Å²) in [4.78, 5) is 27.1. The summed E-state index contributed by atoms with van der Waals surface area (Å²) in [6.07, 6.45) is 2.81. The van der Waals surface area contributed by atoms with Crippen molar-refractivity contribution in [2.75, 3.05) is 5.32 Å². The van der Waals surface area contributed by atoms with Crippen LogP contribution in [0.15, 0.2) is 18.5 Å². The monoisotopic (exact) mass is 284 g/mol. The maximum Gasteiger partial charge on any atom is 0.310 e. The van der Waals surface area contributed by atoms with Crippen LogP contribution in [0.4, 0.5) is 5.69 Å². The smallest absolute Gasteiger partial charge is 0.310 e. The molecule has 0 saturated carbocycles. The van der Waals surface area contributed by atoms with E-state index in [1.165, 1.54) is 12.4 Å². The van der Waals surface area contributed by atoms with Crippen LogP contribution in [0.3, 0.4) is 0 Å². The minimum atomic E-state index is -1.11. The molecule has 0 bridgehead atoms. The van der Waals surface area contributed by atoms with Crippen LogP contribution in [0.1, 0.15) is 27.2 Å². The minimum Gasteiger partial charge on any atom is -0.481 e. The van der Waals surface area contributed by atoms with Crippen LogP contribution in [0.2, 0.25) is 5.02 Å². The number of rotatable bonds is 5. The van der Waals surface area contributed by atoms with Gasteiger partial charge in [0, 0.05) is 12.6 Å². The van der Waals surface area contributed by atoms with Crippen LogP contribution in [-0.2, 0) is 9.59 Å². The fourth-order valence-electron chi connectivity index (χ4n) is 1.52. The number of aliphatic carboxylic acids is 1. The van der Waals surface area contributed by atoms with Gasteiger partial charge in [0.2, 0.25) is 5.91 Å². The van der Waals surface area contributed by atoms with Crippen molar-refractivity contribution in [3.05, 3.63) is 23.5 Å². The summed E-state index contributed by atoms with van der Waals surface area (Å²) in [6, 6.07) is 1.55. The molecule has 0 aromatic carbocycles. The third-order valence-electron chi connectivity index (χ3n) is 3.33. The van der Waals surface area contributed by atoms with Gasteiger partial charge in [0.15, 0.2) is 0 Å². The number of halogens is 1. The van der Waals surface area contributed by atoms with E-state index in [4.69, 9.17) is 11.6 Å². The zero-order valence-corrected chi connectivity index (χ0v) is 11.9. The SMILES string of the molecule is CC(C)C(C)(CC(=O)Nc1cnccc1Cl)C(=O)O. The van der Waals surface area contributed by atoms with E-state index in [9.17, 15) is 14.7 Å². The predicted octanol–water partition coefficient (Wildman–Crippen LogP) is 2.81. The van der Waals surface area contributed by atoms with Crippen LogP contribution >= 0.6 is 11.6 Å². The Morgan fingerprint density at radius 1 is 1.53 bits per heavy atom. The Hall–Kier alpha value is -1.62. The Labute approximate surface area is 117 Å². The molecule has 0 aliphatic carbocycles. The fraction of sp³-hybridized carbons (Fsp3) is 0.462. The molecular formula is C13H17ClN2O3. The minimum absolute atomic E-state index is 0.120. The quantitative estimate of drug-likeness (QED) is 0.871. The molecule has 2 N–H and O–H groups in total. The molecule has 1 rings (SSSR count). The van der Waals surface area contributed by atoms with E-state index >= 15 is 0 Å². The second-order valence-corrected chi connectivity index (χ2v) is 5.36. The molecule has 1 aromatic rings. The van der Waals surface area contributed by atoms with Crippen molar-refractivity contribution in [3.8, 4) is 0 Å². The largest absolute Gasteiger partial charge is 0.481 e. The fourth-order valence-corrected chi connectivity index (χ4v) is 1.68. The predicted molar refractivity (Wildman–Crippen MR) is 73.1 cm³/mol. The Morgan fingerprint density at radius 2 is 2.16 bits per heavy atom. The second-order valence-electron chi connectivity index (χ2n) is 4.96. The molecule has 1 atom stereocenters. The first-order chi connectivity index (χ1) is 8.77. The summed E-state index contributed by atoms with van der Waals surface area (Å²) in [5, 5.41) is 12.2. The summed E-state index contributed by atoms with van der Waals surface area (Å²) in [5.74, 6) is -1.55. The number of nitrogens with one attached hydrogen (secondary N) is 1. The van der Waals surface area contributed by atoms with Crippen LogP contribution in [-0.4, -0.2) is 22.0 Å². The van der Waals surface area contributed by atoms with E-state index in [0.29, 0.717) is 10.7 Å². The van der Waals surface area contributed by atoms with E-state index in [0.717, 1.165) is 0 Å². The number of carbonyl (C=O) groups excluding carboxylic acids is 1. The molecule has 104 valence electrons. The van der Waals surface area contributed by atoms with Crippen molar-refractivity contribution in [2.45, 2.75) is 27.2 Å². The number of hydrogen-bond acceptors (Lipinski definition) is 3. The highest BCUT2D eigenvalue weighted by atomic mass is 35.5. The average molecular weight is 285 g/mol. The van der Waals surface area contributed by atoms with E-state index in [-0.39, 0.29) is 12.3 Å².